The lowest BCUT2D eigenvalue weighted by Crippen LogP contribution is -2.47. The summed E-state index contributed by atoms with van der Waals surface area (Å²) in [6.45, 7) is 5.19. The Kier molecular flexibility index (Phi) is 5.62. The summed E-state index contributed by atoms with van der Waals surface area (Å²) >= 11 is 0. The van der Waals surface area contributed by atoms with Crippen LogP contribution in [0.25, 0.3) is 5.76 Å². The number of anilines is 1. The van der Waals surface area contributed by atoms with E-state index in [2.05, 4.69) is 20.9 Å². The van der Waals surface area contributed by atoms with E-state index >= 15 is 0 Å². The van der Waals surface area contributed by atoms with Crippen LogP contribution in [0.15, 0.2) is 59.1 Å². The highest BCUT2D eigenvalue weighted by molar-refractivity contribution is 6.30. The number of fused-ring (bicyclic) bond motifs is 1. The van der Waals surface area contributed by atoms with E-state index in [1.54, 1.807) is 25.3 Å². The molecule has 2 aromatic carbocycles. The molecule has 1 aliphatic carbocycles. The Bertz CT molecular complexity index is 959. The number of allylic oxidation sites excluding steroid dienone is 1. The van der Waals surface area contributed by atoms with Crippen molar-refractivity contribution in [3.8, 4) is 5.75 Å². The van der Waals surface area contributed by atoms with Gasteiger partial charge in [0, 0.05) is 50.1 Å². The summed E-state index contributed by atoms with van der Waals surface area (Å²) in [7, 11) is 1.70. The fourth-order valence-corrected chi connectivity index (χ4v) is 3.86. The standard InChI is InChI=1S/C23H25N3O3/c1-29-21-9-5-4-8-20(21)26-14-12-25(13-15-26)11-10-24-16-19-22(27)17-6-2-3-7-18(17)23(19)28/h2-9,16,27H,10-15H2,1H3. The summed E-state index contributed by atoms with van der Waals surface area (Å²) in [4.78, 5) is 21.5. The fraction of sp³-hybridized carbons (Fsp3) is 0.304. The summed E-state index contributed by atoms with van der Waals surface area (Å²) in [6, 6.07) is 15.2. The summed E-state index contributed by atoms with van der Waals surface area (Å²) < 4.78 is 5.47. The summed E-state index contributed by atoms with van der Waals surface area (Å²) in [5.41, 5.74) is 2.55. The molecule has 1 fully saturated rings. The lowest BCUT2D eigenvalue weighted by Gasteiger charge is -2.36. The maximum atomic E-state index is 12.4. The van der Waals surface area contributed by atoms with Crippen molar-refractivity contribution in [2.75, 3.05) is 51.3 Å². The van der Waals surface area contributed by atoms with Crippen LogP contribution in [0.3, 0.4) is 0 Å². The number of hydrogen-bond donors (Lipinski definition) is 1. The lowest BCUT2D eigenvalue weighted by atomic mass is 10.1. The van der Waals surface area contributed by atoms with E-state index in [-0.39, 0.29) is 17.1 Å². The number of aliphatic hydroxyl groups is 1. The normalized spacial score (nSPS) is 17.3. The van der Waals surface area contributed by atoms with Gasteiger partial charge in [0.25, 0.3) is 0 Å². The van der Waals surface area contributed by atoms with Crippen molar-refractivity contribution in [2.45, 2.75) is 0 Å². The number of carbonyl (C=O) groups excluding carboxylic acids is 1. The van der Waals surface area contributed by atoms with Gasteiger partial charge in [0.15, 0.2) is 5.78 Å². The lowest BCUT2D eigenvalue weighted by molar-refractivity contribution is 0.104. The molecule has 2 aromatic rings. The number of methoxy groups -OCH3 is 1. The third kappa shape index (κ3) is 3.89. The third-order valence-electron chi connectivity index (χ3n) is 5.49. The number of carbonyl (C=O) groups is 1. The molecule has 1 heterocycles. The Balaban J connectivity index is 1.29. The SMILES string of the molecule is COc1ccccc1N1CCN(CCN=CC2=C(O)c3ccccc3C2=O)CC1. The Hall–Kier alpha value is -3.12. The Morgan fingerprint density at radius 1 is 1.03 bits per heavy atom. The van der Waals surface area contributed by atoms with Crippen LogP contribution in [-0.4, -0.2) is 68.4 Å². The molecule has 29 heavy (non-hydrogen) atoms. The van der Waals surface area contributed by atoms with Gasteiger partial charge in [-0.15, -0.1) is 0 Å². The Morgan fingerprint density at radius 3 is 2.45 bits per heavy atom. The number of rotatable bonds is 6. The van der Waals surface area contributed by atoms with Crippen molar-refractivity contribution < 1.29 is 14.6 Å². The van der Waals surface area contributed by atoms with Gasteiger partial charge in [-0.05, 0) is 12.1 Å². The first-order valence-electron chi connectivity index (χ1n) is 9.86. The molecule has 6 heteroatoms. The van der Waals surface area contributed by atoms with Crippen LogP contribution in [0.2, 0.25) is 0 Å². The maximum Gasteiger partial charge on any atom is 0.199 e. The van der Waals surface area contributed by atoms with E-state index in [0.717, 1.165) is 44.2 Å². The monoisotopic (exact) mass is 391 g/mol. The van der Waals surface area contributed by atoms with Crippen LogP contribution >= 0.6 is 0 Å². The number of nitrogens with zero attached hydrogens (tertiary/aromatic N) is 3. The second kappa shape index (κ2) is 8.49. The molecule has 4 rings (SSSR count). The van der Waals surface area contributed by atoms with Crippen LogP contribution in [0, 0.1) is 0 Å². The molecule has 0 radical (unpaired) electrons. The largest absolute Gasteiger partial charge is 0.506 e. The summed E-state index contributed by atoms with van der Waals surface area (Å²) in [5, 5.41) is 10.3. The molecule has 0 bridgehead atoms. The highest BCUT2D eigenvalue weighted by Crippen LogP contribution is 2.30. The van der Waals surface area contributed by atoms with Gasteiger partial charge in [-0.25, -0.2) is 0 Å². The zero-order chi connectivity index (χ0) is 20.2. The number of ether oxygens (including phenoxy) is 1. The molecule has 1 aliphatic heterocycles. The topological polar surface area (TPSA) is 65.4 Å². The number of piperazine rings is 1. The number of benzene rings is 2. The molecule has 1 N–H and O–H groups in total. The summed E-state index contributed by atoms with van der Waals surface area (Å²) in [6.07, 6.45) is 1.52. The van der Waals surface area contributed by atoms with Gasteiger partial charge in [0.2, 0.25) is 0 Å². The predicted octanol–water partition coefficient (Wildman–Crippen LogP) is 3.05. The summed E-state index contributed by atoms with van der Waals surface area (Å²) in [5.74, 6) is 0.771. The van der Waals surface area contributed by atoms with Crippen molar-refractivity contribution in [3.63, 3.8) is 0 Å². The molecule has 1 saturated heterocycles. The molecular formula is C23H25N3O3. The zero-order valence-electron chi connectivity index (χ0n) is 16.5. The molecule has 0 aromatic heterocycles. The van der Waals surface area contributed by atoms with E-state index in [0.29, 0.717) is 17.7 Å². The highest BCUT2D eigenvalue weighted by atomic mass is 16.5. The van der Waals surface area contributed by atoms with E-state index in [4.69, 9.17) is 4.74 Å². The average molecular weight is 391 g/mol. The first-order valence-corrected chi connectivity index (χ1v) is 9.86. The number of ketones is 1. The van der Waals surface area contributed by atoms with Crippen molar-refractivity contribution in [3.05, 3.63) is 65.2 Å². The van der Waals surface area contributed by atoms with Crippen molar-refractivity contribution in [1.82, 2.24) is 4.90 Å². The molecular weight excluding hydrogens is 366 g/mol. The van der Waals surface area contributed by atoms with Crippen LogP contribution in [-0.2, 0) is 0 Å². The number of para-hydroxylation sites is 2. The average Bonchev–Trinajstić information content (AvgIpc) is 3.02. The Morgan fingerprint density at radius 2 is 1.72 bits per heavy atom. The predicted molar refractivity (Wildman–Crippen MR) is 115 cm³/mol. The van der Waals surface area contributed by atoms with Crippen LogP contribution < -0.4 is 9.64 Å². The van der Waals surface area contributed by atoms with Gasteiger partial charge in [-0.2, -0.15) is 0 Å². The van der Waals surface area contributed by atoms with Crippen molar-refractivity contribution in [1.29, 1.82) is 0 Å². The van der Waals surface area contributed by atoms with Crippen LogP contribution in [0.5, 0.6) is 5.75 Å². The highest BCUT2D eigenvalue weighted by Gasteiger charge is 2.27. The van der Waals surface area contributed by atoms with Gasteiger partial charge in [0.1, 0.15) is 11.5 Å². The number of hydrogen-bond acceptors (Lipinski definition) is 6. The number of aliphatic hydroxyl groups excluding tert-OH is 1. The molecule has 0 atom stereocenters. The van der Waals surface area contributed by atoms with Crippen LogP contribution in [0.1, 0.15) is 15.9 Å². The van der Waals surface area contributed by atoms with Gasteiger partial charge in [0.05, 0.1) is 24.9 Å². The van der Waals surface area contributed by atoms with E-state index in [1.807, 2.05) is 24.3 Å². The molecule has 0 amide bonds. The minimum Gasteiger partial charge on any atom is -0.506 e. The number of Topliss-reactive ketones (excluding diaryl/α,β-unsaturated/α-hetero) is 1. The van der Waals surface area contributed by atoms with Gasteiger partial charge in [-0.3, -0.25) is 14.7 Å². The van der Waals surface area contributed by atoms with Gasteiger partial charge >= 0.3 is 0 Å². The Labute approximate surface area is 170 Å². The van der Waals surface area contributed by atoms with Crippen molar-refractivity contribution >= 4 is 23.4 Å². The first-order chi connectivity index (χ1) is 14.2. The van der Waals surface area contributed by atoms with Gasteiger partial charge < -0.3 is 14.7 Å². The smallest absolute Gasteiger partial charge is 0.199 e. The number of aliphatic imine (C=N–C) groups is 1. The first kappa shape index (κ1) is 19.2. The minimum atomic E-state index is -0.160. The zero-order valence-corrected chi connectivity index (χ0v) is 16.5. The third-order valence-corrected chi connectivity index (χ3v) is 5.49. The second-order valence-electron chi connectivity index (χ2n) is 7.17. The quantitative estimate of drug-likeness (QED) is 0.767. The van der Waals surface area contributed by atoms with E-state index in [1.165, 1.54) is 6.21 Å². The molecule has 0 unspecified atom stereocenters. The van der Waals surface area contributed by atoms with Crippen molar-refractivity contribution in [2.24, 2.45) is 4.99 Å². The molecule has 2 aliphatic rings. The molecule has 150 valence electrons. The van der Waals surface area contributed by atoms with Crippen LogP contribution in [0.4, 0.5) is 5.69 Å². The molecule has 6 nitrogen and oxygen atoms in total. The second-order valence-corrected chi connectivity index (χ2v) is 7.17. The van der Waals surface area contributed by atoms with Gasteiger partial charge in [-0.1, -0.05) is 36.4 Å². The minimum absolute atomic E-state index is 0.0276. The van der Waals surface area contributed by atoms with E-state index in [9.17, 15) is 9.90 Å². The van der Waals surface area contributed by atoms with E-state index < -0.39 is 0 Å². The maximum absolute atomic E-state index is 12.4. The molecule has 0 spiro atoms. The fourth-order valence-electron chi connectivity index (χ4n) is 3.86. The molecule has 0 saturated carbocycles.